The van der Waals surface area contributed by atoms with Crippen LogP contribution in [0.4, 0.5) is 18.9 Å². The Morgan fingerprint density at radius 1 is 1.09 bits per heavy atom. The lowest BCUT2D eigenvalue weighted by molar-refractivity contribution is -0.137. The molecule has 126 valence electrons. The number of nitrogens with one attached hydrogen (secondary N) is 1. The monoisotopic (exact) mass is 368 g/mol. The maximum Gasteiger partial charge on any atom is 0.416 e. The lowest BCUT2D eigenvalue weighted by atomic mass is 10.2. The third-order valence-corrected chi connectivity index (χ3v) is 3.64. The van der Waals surface area contributed by atoms with Crippen LogP contribution in [-0.4, -0.2) is 13.0 Å². The van der Waals surface area contributed by atoms with Crippen molar-refractivity contribution in [1.82, 2.24) is 0 Å². The standard InChI is InChI=1S/C7H7F3N2O3S.C6H5Cl/c8-7(9,10)4-1-2-6(16(13,14)15)5(3-4)12-11;7-6-4-2-1-3-5-6/h1-3,12H,11H2,(H,13,14,15);1-5H. The minimum absolute atomic E-state index is 0.489. The summed E-state index contributed by atoms with van der Waals surface area (Å²) in [5.74, 6) is 4.87. The fourth-order valence-electron chi connectivity index (χ4n) is 1.46. The van der Waals surface area contributed by atoms with Gasteiger partial charge in [0.05, 0.1) is 11.3 Å². The lowest BCUT2D eigenvalue weighted by Crippen LogP contribution is -2.14. The Hall–Kier alpha value is -1.81. The highest BCUT2D eigenvalue weighted by molar-refractivity contribution is 7.86. The van der Waals surface area contributed by atoms with Gasteiger partial charge in [0.2, 0.25) is 0 Å². The number of hydrogen-bond donors (Lipinski definition) is 3. The molecule has 0 unspecified atom stereocenters. The van der Waals surface area contributed by atoms with E-state index in [4.69, 9.17) is 22.0 Å². The van der Waals surface area contributed by atoms with E-state index in [0.29, 0.717) is 18.2 Å². The molecule has 0 atom stereocenters. The predicted octanol–water partition coefficient (Wildman–Crippen LogP) is 3.58. The van der Waals surface area contributed by atoms with Gasteiger partial charge in [0, 0.05) is 5.02 Å². The van der Waals surface area contributed by atoms with E-state index in [1.54, 1.807) is 5.43 Å². The van der Waals surface area contributed by atoms with Gasteiger partial charge in [-0.3, -0.25) is 10.4 Å². The Bertz CT molecular complexity index is 753. The minimum atomic E-state index is -4.62. The van der Waals surface area contributed by atoms with Gasteiger partial charge < -0.3 is 5.43 Å². The summed E-state index contributed by atoms with van der Waals surface area (Å²) in [6.07, 6.45) is -4.62. The first kappa shape index (κ1) is 19.2. The summed E-state index contributed by atoms with van der Waals surface area (Å²) in [5.41, 5.74) is 0.169. The third-order valence-electron chi connectivity index (χ3n) is 2.47. The number of alkyl halides is 3. The summed E-state index contributed by atoms with van der Waals surface area (Å²) < 4.78 is 67.0. The van der Waals surface area contributed by atoms with E-state index < -0.39 is 32.4 Å². The second kappa shape index (κ2) is 7.64. The first-order chi connectivity index (χ1) is 10.6. The Morgan fingerprint density at radius 2 is 1.65 bits per heavy atom. The number of benzene rings is 2. The molecule has 23 heavy (non-hydrogen) atoms. The highest BCUT2D eigenvalue weighted by Gasteiger charge is 2.32. The molecule has 0 bridgehead atoms. The highest BCUT2D eigenvalue weighted by atomic mass is 35.5. The number of rotatable bonds is 2. The van der Waals surface area contributed by atoms with Crippen molar-refractivity contribution >= 4 is 27.4 Å². The van der Waals surface area contributed by atoms with Gasteiger partial charge in [0.15, 0.2) is 0 Å². The van der Waals surface area contributed by atoms with E-state index in [1.807, 2.05) is 30.3 Å². The van der Waals surface area contributed by atoms with Crippen LogP contribution in [-0.2, 0) is 16.3 Å². The number of hydrazine groups is 1. The normalized spacial score (nSPS) is 11.4. The molecule has 0 amide bonds. The van der Waals surface area contributed by atoms with E-state index in [0.717, 1.165) is 5.02 Å². The fraction of sp³-hybridized carbons (Fsp3) is 0.0769. The molecule has 0 aliphatic carbocycles. The minimum Gasteiger partial charge on any atom is -0.323 e. The molecule has 2 rings (SSSR count). The van der Waals surface area contributed by atoms with Crippen LogP contribution >= 0.6 is 11.6 Å². The maximum absolute atomic E-state index is 12.3. The molecule has 0 heterocycles. The van der Waals surface area contributed by atoms with Crippen LogP contribution in [0.2, 0.25) is 5.02 Å². The van der Waals surface area contributed by atoms with Gasteiger partial charge in [-0.25, -0.2) is 0 Å². The SMILES string of the molecule is Clc1ccccc1.NNc1cc(C(F)(F)F)ccc1S(=O)(=O)O. The number of halogens is 4. The van der Waals surface area contributed by atoms with Gasteiger partial charge in [0.25, 0.3) is 10.1 Å². The van der Waals surface area contributed by atoms with E-state index >= 15 is 0 Å². The second-order valence-electron chi connectivity index (χ2n) is 4.12. The van der Waals surface area contributed by atoms with Gasteiger partial charge in [-0.2, -0.15) is 21.6 Å². The topological polar surface area (TPSA) is 92.4 Å². The van der Waals surface area contributed by atoms with Gasteiger partial charge in [-0.15, -0.1) is 0 Å². The van der Waals surface area contributed by atoms with Crippen molar-refractivity contribution in [2.24, 2.45) is 5.84 Å². The molecule has 0 fully saturated rings. The van der Waals surface area contributed by atoms with Crippen LogP contribution < -0.4 is 11.3 Å². The van der Waals surface area contributed by atoms with E-state index in [9.17, 15) is 21.6 Å². The zero-order valence-corrected chi connectivity index (χ0v) is 13.0. The molecule has 0 spiro atoms. The smallest absolute Gasteiger partial charge is 0.323 e. The highest BCUT2D eigenvalue weighted by Crippen LogP contribution is 2.33. The molecule has 0 saturated heterocycles. The first-order valence-electron chi connectivity index (χ1n) is 5.91. The van der Waals surface area contributed by atoms with Crippen molar-refractivity contribution in [1.29, 1.82) is 0 Å². The van der Waals surface area contributed by atoms with Crippen LogP contribution in [0.3, 0.4) is 0 Å². The molecule has 10 heteroatoms. The van der Waals surface area contributed by atoms with Crippen molar-refractivity contribution in [3.8, 4) is 0 Å². The van der Waals surface area contributed by atoms with E-state index in [1.165, 1.54) is 0 Å². The van der Waals surface area contributed by atoms with Crippen LogP contribution in [0.1, 0.15) is 5.56 Å². The largest absolute Gasteiger partial charge is 0.416 e. The molecule has 0 aromatic heterocycles. The predicted molar refractivity (Wildman–Crippen MR) is 80.5 cm³/mol. The average Bonchev–Trinajstić information content (AvgIpc) is 2.46. The number of nitrogen functional groups attached to an aromatic ring is 1. The summed E-state index contributed by atoms with van der Waals surface area (Å²) in [4.78, 5) is -0.719. The van der Waals surface area contributed by atoms with Gasteiger partial charge in [0.1, 0.15) is 4.90 Å². The summed E-state index contributed by atoms with van der Waals surface area (Å²) >= 11 is 5.54. The molecule has 4 N–H and O–H groups in total. The van der Waals surface area contributed by atoms with Crippen LogP contribution in [0, 0.1) is 0 Å². The van der Waals surface area contributed by atoms with Gasteiger partial charge in [-0.05, 0) is 30.3 Å². The van der Waals surface area contributed by atoms with E-state index in [-0.39, 0.29) is 0 Å². The van der Waals surface area contributed by atoms with Crippen molar-refractivity contribution < 1.29 is 26.1 Å². The number of hydrogen-bond acceptors (Lipinski definition) is 4. The second-order valence-corrected chi connectivity index (χ2v) is 5.95. The molecule has 0 aliphatic rings. The van der Waals surface area contributed by atoms with Gasteiger partial charge in [-0.1, -0.05) is 29.8 Å². The lowest BCUT2D eigenvalue weighted by Gasteiger charge is -2.11. The quantitative estimate of drug-likeness (QED) is 0.428. The van der Waals surface area contributed by atoms with Crippen molar-refractivity contribution in [2.45, 2.75) is 11.1 Å². The molecular formula is C13H12ClF3N2O3S. The molecule has 2 aromatic carbocycles. The summed E-state index contributed by atoms with van der Waals surface area (Å²) in [6, 6.07) is 11.1. The molecule has 0 aliphatic heterocycles. The molecular weight excluding hydrogens is 357 g/mol. The Morgan fingerprint density at radius 3 is 2.00 bits per heavy atom. The summed E-state index contributed by atoms with van der Waals surface area (Å²) in [6.45, 7) is 0. The maximum atomic E-state index is 12.3. The number of nitrogens with two attached hydrogens (primary N) is 1. The van der Waals surface area contributed by atoms with Crippen LogP contribution in [0.5, 0.6) is 0 Å². The third kappa shape index (κ3) is 6.06. The summed E-state index contributed by atoms with van der Waals surface area (Å²) in [5, 5.41) is 0.794. The zero-order chi connectivity index (χ0) is 17.7. The fourth-order valence-corrected chi connectivity index (χ4v) is 2.24. The molecule has 0 saturated carbocycles. The molecule has 0 radical (unpaired) electrons. The first-order valence-corrected chi connectivity index (χ1v) is 7.73. The summed E-state index contributed by atoms with van der Waals surface area (Å²) in [7, 11) is -4.62. The Labute approximate surface area is 135 Å². The number of anilines is 1. The molecule has 2 aromatic rings. The Kier molecular flexibility index (Phi) is 6.39. The zero-order valence-electron chi connectivity index (χ0n) is 11.4. The van der Waals surface area contributed by atoms with Crippen molar-refractivity contribution in [2.75, 3.05) is 5.43 Å². The van der Waals surface area contributed by atoms with E-state index in [2.05, 4.69) is 0 Å². The van der Waals surface area contributed by atoms with Crippen LogP contribution in [0.25, 0.3) is 0 Å². The van der Waals surface area contributed by atoms with Crippen molar-refractivity contribution in [3.63, 3.8) is 0 Å². The average molecular weight is 369 g/mol. The Balaban J connectivity index is 0.000000313. The molecule has 5 nitrogen and oxygen atoms in total. The van der Waals surface area contributed by atoms with Crippen LogP contribution in [0.15, 0.2) is 53.4 Å². The van der Waals surface area contributed by atoms with Gasteiger partial charge >= 0.3 is 6.18 Å². The van der Waals surface area contributed by atoms with Crippen molar-refractivity contribution in [3.05, 3.63) is 59.1 Å².